The molecule has 0 bridgehead atoms. The van der Waals surface area contributed by atoms with Crippen molar-refractivity contribution < 1.29 is 27.4 Å². The van der Waals surface area contributed by atoms with Gasteiger partial charge in [-0.3, -0.25) is 0 Å². The number of pyridine rings is 1. The molecule has 0 atom stereocenters. The van der Waals surface area contributed by atoms with Gasteiger partial charge in [0.1, 0.15) is 0 Å². The van der Waals surface area contributed by atoms with Crippen LogP contribution in [0.4, 0.5) is 13.2 Å². The third kappa shape index (κ3) is 10.6. The van der Waals surface area contributed by atoms with Crippen molar-refractivity contribution in [3.63, 3.8) is 0 Å². The second-order valence-electron chi connectivity index (χ2n) is 5.88. The van der Waals surface area contributed by atoms with Gasteiger partial charge in [0.25, 0.3) is 0 Å². The fourth-order valence-corrected chi connectivity index (χ4v) is 2.24. The zero-order valence-corrected chi connectivity index (χ0v) is 14.6. The maximum atomic E-state index is 12.1. The van der Waals surface area contributed by atoms with Crippen LogP contribution >= 0.6 is 0 Å². The van der Waals surface area contributed by atoms with Gasteiger partial charge in [0, 0.05) is 6.07 Å². The second-order valence-corrected chi connectivity index (χ2v) is 5.88. The van der Waals surface area contributed by atoms with E-state index >= 15 is 0 Å². The Balaban J connectivity index is 2.22. The minimum Gasteiger partial charge on any atom is -0.468 e. The highest BCUT2D eigenvalue weighted by Crippen LogP contribution is 2.17. The van der Waals surface area contributed by atoms with E-state index in [1.54, 1.807) is 0 Å². The number of rotatable bonds is 12. The molecule has 25 heavy (non-hydrogen) atoms. The van der Waals surface area contributed by atoms with Crippen molar-refractivity contribution in [2.45, 2.75) is 64.5 Å². The molecule has 7 heteroatoms. The summed E-state index contributed by atoms with van der Waals surface area (Å²) >= 11 is 0. The minimum absolute atomic E-state index is 0.0563. The Kier molecular flexibility index (Phi) is 9.96. The van der Waals surface area contributed by atoms with Gasteiger partial charge in [-0.05, 0) is 12.5 Å². The molecule has 4 nitrogen and oxygen atoms in total. The standard InChI is InChI=1S/C18H26F3NO3/c1-2-3-4-5-6-7-8-9-13-24-17(23)15-11-10-12-16(22-15)25-14-18(19,20)21/h10-12H,2-9,13-14H2,1H3. The van der Waals surface area contributed by atoms with Gasteiger partial charge in [0.05, 0.1) is 6.61 Å². The van der Waals surface area contributed by atoms with Crippen LogP contribution in [0.15, 0.2) is 18.2 Å². The molecular formula is C18H26F3NO3. The van der Waals surface area contributed by atoms with Crippen LogP contribution < -0.4 is 4.74 Å². The second kappa shape index (κ2) is 11.7. The van der Waals surface area contributed by atoms with E-state index in [4.69, 9.17) is 4.74 Å². The number of alkyl halides is 3. The third-order valence-corrected chi connectivity index (χ3v) is 3.55. The third-order valence-electron chi connectivity index (χ3n) is 3.55. The molecule has 0 unspecified atom stereocenters. The summed E-state index contributed by atoms with van der Waals surface area (Å²) in [5, 5.41) is 0. The predicted molar refractivity (Wildman–Crippen MR) is 88.7 cm³/mol. The number of ether oxygens (including phenoxy) is 2. The Morgan fingerprint density at radius 3 is 2.32 bits per heavy atom. The Hall–Kier alpha value is -1.79. The van der Waals surface area contributed by atoms with Crippen LogP contribution in [0.5, 0.6) is 5.88 Å². The van der Waals surface area contributed by atoms with Gasteiger partial charge in [0.15, 0.2) is 12.3 Å². The lowest BCUT2D eigenvalue weighted by molar-refractivity contribution is -0.154. The molecule has 0 spiro atoms. The van der Waals surface area contributed by atoms with E-state index in [0.29, 0.717) is 0 Å². The highest BCUT2D eigenvalue weighted by Gasteiger charge is 2.28. The largest absolute Gasteiger partial charge is 0.468 e. The highest BCUT2D eigenvalue weighted by atomic mass is 19.4. The summed E-state index contributed by atoms with van der Waals surface area (Å²) in [7, 11) is 0. The van der Waals surface area contributed by atoms with Crippen LogP contribution in [-0.2, 0) is 4.74 Å². The van der Waals surface area contributed by atoms with Gasteiger partial charge in [0.2, 0.25) is 5.88 Å². The first-order valence-electron chi connectivity index (χ1n) is 8.76. The van der Waals surface area contributed by atoms with Crippen molar-refractivity contribution in [2.24, 2.45) is 0 Å². The molecule has 1 heterocycles. The van der Waals surface area contributed by atoms with E-state index in [0.717, 1.165) is 19.3 Å². The molecule has 1 aromatic heterocycles. The number of halogens is 3. The van der Waals surface area contributed by atoms with E-state index in [9.17, 15) is 18.0 Å². The number of unbranched alkanes of at least 4 members (excludes halogenated alkanes) is 7. The smallest absolute Gasteiger partial charge is 0.422 e. The molecule has 0 aliphatic carbocycles. The number of carbonyl (C=O) groups is 1. The highest BCUT2D eigenvalue weighted by molar-refractivity contribution is 5.87. The van der Waals surface area contributed by atoms with Crippen LogP contribution in [-0.4, -0.2) is 30.3 Å². The Morgan fingerprint density at radius 1 is 1.04 bits per heavy atom. The normalized spacial score (nSPS) is 11.4. The monoisotopic (exact) mass is 361 g/mol. The molecular weight excluding hydrogens is 335 g/mol. The number of esters is 1. The van der Waals surface area contributed by atoms with Gasteiger partial charge in [-0.25, -0.2) is 9.78 Å². The molecule has 142 valence electrons. The van der Waals surface area contributed by atoms with Crippen molar-refractivity contribution in [1.29, 1.82) is 0 Å². The van der Waals surface area contributed by atoms with Gasteiger partial charge in [-0.1, -0.05) is 57.9 Å². The van der Waals surface area contributed by atoms with Crippen molar-refractivity contribution in [2.75, 3.05) is 13.2 Å². The number of hydrogen-bond acceptors (Lipinski definition) is 4. The Labute approximate surface area is 146 Å². The number of aromatic nitrogens is 1. The lowest BCUT2D eigenvalue weighted by Gasteiger charge is -2.09. The summed E-state index contributed by atoms with van der Waals surface area (Å²) in [4.78, 5) is 15.6. The molecule has 0 fully saturated rings. The summed E-state index contributed by atoms with van der Waals surface area (Å²) in [6.45, 7) is 1.02. The molecule has 0 saturated heterocycles. The summed E-state index contributed by atoms with van der Waals surface area (Å²) in [6, 6.07) is 4.06. The number of nitrogens with zero attached hydrogens (tertiary/aromatic N) is 1. The molecule has 0 N–H and O–H groups in total. The fourth-order valence-electron chi connectivity index (χ4n) is 2.24. The summed E-state index contributed by atoms with van der Waals surface area (Å²) < 4.78 is 45.9. The van der Waals surface area contributed by atoms with Crippen LogP contribution in [0, 0.1) is 0 Å². The first-order chi connectivity index (χ1) is 11.9. The molecule has 1 aromatic rings. The number of hydrogen-bond donors (Lipinski definition) is 0. The quantitative estimate of drug-likeness (QED) is 0.373. The van der Waals surface area contributed by atoms with Gasteiger partial charge in [-0.15, -0.1) is 0 Å². The SMILES string of the molecule is CCCCCCCCCCOC(=O)c1cccc(OCC(F)(F)F)n1. The molecule has 0 radical (unpaired) electrons. The molecule has 0 aromatic carbocycles. The molecule has 0 saturated carbocycles. The van der Waals surface area contributed by atoms with Crippen LogP contribution in [0.1, 0.15) is 68.8 Å². The molecule has 0 aliphatic heterocycles. The molecule has 1 rings (SSSR count). The minimum atomic E-state index is -4.45. The zero-order valence-electron chi connectivity index (χ0n) is 14.6. The molecule has 0 aliphatic rings. The van der Waals surface area contributed by atoms with E-state index < -0.39 is 18.8 Å². The van der Waals surface area contributed by atoms with E-state index in [2.05, 4.69) is 16.6 Å². The fraction of sp³-hybridized carbons (Fsp3) is 0.667. The Bertz CT molecular complexity index is 507. The molecule has 0 amide bonds. The van der Waals surface area contributed by atoms with E-state index in [1.807, 2.05) is 0 Å². The maximum absolute atomic E-state index is 12.1. The van der Waals surface area contributed by atoms with Gasteiger partial charge < -0.3 is 9.47 Å². The van der Waals surface area contributed by atoms with E-state index in [1.165, 1.54) is 50.3 Å². The average molecular weight is 361 g/mol. The number of carbonyl (C=O) groups excluding carboxylic acids is 1. The van der Waals surface area contributed by atoms with Gasteiger partial charge in [-0.2, -0.15) is 13.2 Å². The van der Waals surface area contributed by atoms with Crippen LogP contribution in [0.2, 0.25) is 0 Å². The lowest BCUT2D eigenvalue weighted by Crippen LogP contribution is -2.20. The average Bonchev–Trinajstić information content (AvgIpc) is 2.58. The van der Waals surface area contributed by atoms with Crippen molar-refractivity contribution in [3.05, 3.63) is 23.9 Å². The van der Waals surface area contributed by atoms with Crippen molar-refractivity contribution >= 4 is 5.97 Å². The maximum Gasteiger partial charge on any atom is 0.422 e. The lowest BCUT2D eigenvalue weighted by atomic mass is 10.1. The van der Waals surface area contributed by atoms with E-state index in [-0.39, 0.29) is 18.2 Å². The van der Waals surface area contributed by atoms with Crippen LogP contribution in [0.25, 0.3) is 0 Å². The Morgan fingerprint density at radius 2 is 1.68 bits per heavy atom. The zero-order chi connectivity index (χ0) is 18.5. The van der Waals surface area contributed by atoms with Crippen molar-refractivity contribution in [1.82, 2.24) is 4.98 Å². The van der Waals surface area contributed by atoms with Gasteiger partial charge >= 0.3 is 12.1 Å². The topological polar surface area (TPSA) is 48.4 Å². The first kappa shape index (κ1) is 21.3. The summed E-state index contributed by atoms with van der Waals surface area (Å²) in [6.07, 6.45) is 4.61. The first-order valence-corrected chi connectivity index (χ1v) is 8.76. The summed E-state index contributed by atoms with van der Waals surface area (Å²) in [5.74, 6) is -0.903. The summed E-state index contributed by atoms with van der Waals surface area (Å²) in [5.41, 5.74) is -0.0563. The van der Waals surface area contributed by atoms with Crippen LogP contribution in [0.3, 0.4) is 0 Å². The predicted octanol–water partition coefficient (Wildman–Crippen LogP) is 5.32. The van der Waals surface area contributed by atoms with Crippen molar-refractivity contribution in [3.8, 4) is 5.88 Å².